The normalized spacial score (nSPS) is 17.2. The SMILES string of the molecule is CC1CCc2c(sc3nc(C(C)Sc4nnnn4-c4ccc(O)cc4)[nH]c(=O)c23)C1. The first-order valence-corrected chi connectivity index (χ1v) is 11.5. The lowest BCUT2D eigenvalue weighted by molar-refractivity contribution is 0.475. The average Bonchev–Trinajstić information content (AvgIpc) is 3.32. The Morgan fingerprint density at radius 2 is 2.13 bits per heavy atom. The van der Waals surface area contributed by atoms with Crippen molar-refractivity contribution in [2.24, 2.45) is 5.92 Å². The molecule has 0 bridgehead atoms. The number of tetrazole rings is 1. The summed E-state index contributed by atoms with van der Waals surface area (Å²) in [5.41, 5.74) is 1.86. The summed E-state index contributed by atoms with van der Waals surface area (Å²) in [5, 5.41) is 22.6. The highest BCUT2D eigenvalue weighted by atomic mass is 32.2. The third kappa shape index (κ3) is 3.39. The van der Waals surface area contributed by atoms with Crippen molar-refractivity contribution in [3.05, 3.63) is 50.9 Å². The van der Waals surface area contributed by atoms with Crippen LogP contribution in [0, 0.1) is 5.92 Å². The van der Waals surface area contributed by atoms with Crippen LogP contribution in [0.15, 0.2) is 34.2 Å². The van der Waals surface area contributed by atoms with Gasteiger partial charge in [-0.15, -0.1) is 16.4 Å². The summed E-state index contributed by atoms with van der Waals surface area (Å²) in [6.07, 6.45) is 3.09. The number of H-pyrrole nitrogens is 1. The van der Waals surface area contributed by atoms with Crippen molar-refractivity contribution < 1.29 is 5.11 Å². The standard InChI is InChI=1S/C20H20N6O2S2/c1-10-3-8-14-15(9-10)30-19-16(14)18(28)21-17(22-19)11(2)29-20-23-24-25-26(20)12-4-6-13(27)7-5-12/h4-7,10-11,27H,3,8-9H2,1-2H3,(H,21,22,28). The number of hydrogen-bond donors (Lipinski definition) is 2. The van der Waals surface area contributed by atoms with E-state index in [1.54, 1.807) is 40.3 Å². The first-order chi connectivity index (χ1) is 14.5. The number of aromatic hydroxyl groups is 1. The molecule has 0 spiro atoms. The molecule has 1 aliphatic carbocycles. The Morgan fingerprint density at radius 3 is 2.93 bits per heavy atom. The molecular weight excluding hydrogens is 420 g/mol. The second-order valence-corrected chi connectivity index (χ2v) is 10.0. The maximum Gasteiger partial charge on any atom is 0.259 e. The van der Waals surface area contributed by atoms with E-state index < -0.39 is 0 Å². The summed E-state index contributed by atoms with van der Waals surface area (Å²) in [6.45, 7) is 4.23. The fourth-order valence-electron chi connectivity index (χ4n) is 3.78. The van der Waals surface area contributed by atoms with E-state index in [1.807, 2.05) is 6.92 Å². The average molecular weight is 441 g/mol. The minimum atomic E-state index is -0.151. The fraction of sp³-hybridized carbons (Fsp3) is 0.350. The van der Waals surface area contributed by atoms with Crippen molar-refractivity contribution in [3.63, 3.8) is 0 Å². The summed E-state index contributed by atoms with van der Waals surface area (Å²) in [7, 11) is 0. The highest BCUT2D eigenvalue weighted by Gasteiger charge is 2.24. The van der Waals surface area contributed by atoms with Crippen LogP contribution in [0.2, 0.25) is 0 Å². The Balaban J connectivity index is 1.46. The Bertz CT molecular complexity index is 1280. The second kappa shape index (κ2) is 7.51. The Kier molecular flexibility index (Phi) is 4.82. The number of thioether (sulfide) groups is 1. The van der Waals surface area contributed by atoms with Gasteiger partial charge in [-0.3, -0.25) is 4.79 Å². The maximum absolute atomic E-state index is 12.9. The molecule has 3 aromatic heterocycles. The molecule has 0 fully saturated rings. The van der Waals surface area contributed by atoms with E-state index in [1.165, 1.54) is 22.2 Å². The number of thiophene rings is 1. The molecule has 1 aliphatic rings. The molecule has 0 radical (unpaired) electrons. The quantitative estimate of drug-likeness (QED) is 0.466. The number of phenols is 1. The third-order valence-corrected chi connectivity index (χ3v) is 7.58. The minimum Gasteiger partial charge on any atom is -0.508 e. The number of nitrogens with zero attached hydrogens (tertiary/aromatic N) is 5. The molecular formula is C20H20N6O2S2. The molecule has 0 amide bonds. The summed E-state index contributed by atoms with van der Waals surface area (Å²) in [5.74, 6) is 1.44. The second-order valence-electron chi connectivity index (χ2n) is 7.63. The highest BCUT2D eigenvalue weighted by Crippen LogP contribution is 2.37. The molecule has 0 aliphatic heterocycles. The van der Waals surface area contributed by atoms with E-state index >= 15 is 0 Å². The van der Waals surface area contributed by atoms with E-state index in [2.05, 4.69) is 27.4 Å². The monoisotopic (exact) mass is 440 g/mol. The number of phenolic OH excluding ortho intramolecular Hbond substituents is 1. The van der Waals surface area contributed by atoms with E-state index in [4.69, 9.17) is 4.98 Å². The molecule has 0 saturated heterocycles. The lowest BCUT2D eigenvalue weighted by atomic mass is 9.89. The molecule has 8 nitrogen and oxygen atoms in total. The van der Waals surface area contributed by atoms with Gasteiger partial charge in [-0.05, 0) is 72.4 Å². The van der Waals surface area contributed by atoms with Crippen molar-refractivity contribution in [1.29, 1.82) is 0 Å². The van der Waals surface area contributed by atoms with Crippen LogP contribution in [-0.4, -0.2) is 35.3 Å². The van der Waals surface area contributed by atoms with Crippen LogP contribution in [0.5, 0.6) is 5.75 Å². The van der Waals surface area contributed by atoms with Crippen molar-refractivity contribution in [2.45, 2.75) is 43.5 Å². The van der Waals surface area contributed by atoms with Gasteiger partial charge in [-0.2, -0.15) is 4.68 Å². The first kappa shape index (κ1) is 19.3. The van der Waals surface area contributed by atoms with E-state index in [0.29, 0.717) is 16.9 Å². The predicted octanol–water partition coefficient (Wildman–Crippen LogP) is 3.64. The van der Waals surface area contributed by atoms with Crippen LogP contribution in [-0.2, 0) is 12.8 Å². The summed E-state index contributed by atoms with van der Waals surface area (Å²) >= 11 is 3.07. The summed E-state index contributed by atoms with van der Waals surface area (Å²) < 4.78 is 1.60. The molecule has 154 valence electrons. The summed E-state index contributed by atoms with van der Waals surface area (Å²) in [4.78, 5) is 22.8. The zero-order chi connectivity index (χ0) is 20.8. The van der Waals surface area contributed by atoms with E-state index in [-0.39, 0.29) is 16.6 Å². The zero-order valence-corrected chi connectivity index (χ0v) is 18.1. The van der Waals surface area contributed by atoms with Crippen molar-refractivity contribution in [1.82, 2.24) is 30.2 Å². The van der Waals surface area contributed by atoms with Gasteiger partial charge in [0.05, 0.1) is 16.3 Å². The van der Waals surface area contributed by atoms with Crippen LogP contribution < -0.4 is 5.56 Å². The molecule has 3 heterocycles. The molecule has 2 N–H and O–H groups in total. The van der Waals surface area contributed by atoms with Gasteiger partial charge in [0.25, 0.3) is 5.56 Å². The van der Waals surface area contributed by atoms with E-state index in [9.17, 15) is 9.90 Å². The van der Waals surface area contributed by atoms with Gasteiger partial charge in [0.1, 0.15) is 16.4 Å². The molecule has 0 saturated carbocycles. The zero-order valence-electron chi connectivity index (χ0n) is 16.5. The number of rotatable bonds is 4. The number of hydrogen-bond acceptors (Lipinski definition) is 8. The number of fused-ring (bicyclic) bond motifs is 3. The third-order valence-electron chi connectivity index (χ3n) is 5.39. The first-order valence-electron chi connectivity index (χ1n) is 9.78. The van der Waals surface area contributed by atoms with Gasteiger partial charge in [0.2, 0.25) is 5.16 Å². The van der Waals surface area contributed by atoms with Gasteiger partial charge >= 0.3 is 0 Å². The number of aromatic nitrogens is 6. The van der Waals surface area contributed by atoms with Crippen molar-refractivity contribution in [2.75, 3.05) is 0 Å². The van der Waals surface area contributed by atoms with Crippen molar-refractivity contribution >= 4 is 33.3 Å². The van der Waals surface area contributed by atoms with Crippen LogP contribution in [0.4, 0.5) is 0 Å². The molecule has 4 aromatic rings. The van der Waals surface area contributed by atoms with Crippen LogP contribution >= 0.6 is 23.1 Å². The van der Waals surface area contributed by atoms with Gasteiger partial charge in [0, 0.05) is 4.88 Å². The van der Waals surface area contributed by atoms with Crippen LogP contribution in [0.3, 0.4) is 0 Å². The van der Waals surface area contributed by atoms with Gasteiger partial charge < -0.3 is 10.1 Å². The number of benzene rings is 1. The molecule has 1 aromatic carbocycles. The lowest BCUT2D eigenvalue weighted by Crippen LogP contribution is -2.15. The topological polar surface area (TPSA) is 110 Å². The number of aromatic amines is 1. The van der Waals surface area contributed by atoms with Gasteiger partial charge in [-0.25, -0.2) is 4.98 Å². The van der Waals surface area contributed by atoms with Gasteiger partial charge in [-0.1, -0.05) is 18.7 Å². The van der Waals surface area contributed by atoms with E-state index in [0.717, 1.165) is 35.2 Å². The molecule has 2 unspecified atom stereocenters. The minimum absolute atomic E-state index is 0.0624. The number of nitrogens with one attached hydrogen (secondary N) is 1. The largest absolute Gasteiger partial charge is 0.508 e. The molecule has 5 rings (SSSR count). The molecule has 30 heavy (non-hydrogen) atoms. The highest BCUT2D eigenvalue weighted by molar-refractivity contribution is 7.99. The molecule has 10 heteroatoms. The Morgan fingerprint density at radius 1 is 1.33 bits per heavy atom. The van der Waals surface area contributed by atoms with Crippen LogP contribution in [0.25, 0.3) is 15.9 Å². The predicted molar refractivity (Wildman–Crippen MR) is 117 cm³/mol. The van der Waals surface area contributed by atoms with Gasteiger partial charge in [0.15, 0.2) is 0 Å². The fourth-order valence-corrected chi connectivity index (χ4v) is 6.04. The smallest absolute Gasteiger partial charge is 0.259 e. The summed E-state index contributed by atoms with van der Waals surface area (Å²) in [6, 6.07) is 6.65. The molecule has 2 atom stereocenters. The van der Waals surface area contributed by atoms with Crippen LogP contribution in [0.1, 0.15) is 41.8 Å². The van der Waals surface area contributed by atoms with Crippen molar-refractivity contribution in [3.8, 4) is 11.4 Å². The number of aryl methyl sites for hydroxylation is 1. The Hall–Kier alpha value is -2.72. The Labute approximate surface area is 180 Å². The lowest BCUT2D eigenvalue weighted by Gasteiger charge is -2.17. The maximum atomic E-state index is 12.9.